The lowest BCUT2D eigenvalue weighted by Gasteiger charge is -2.30. The van der Waals surface area contributed by atoms with E-state index < -0.39 is 11.8 Å². The molecular weight excluding hydrogens is 245 g/mol. The molecule has 2 N–H and O–H groups in total. The van der Waals surface area contributed by atoms with Crippen LogP contribution in [0.4, 0.5) is 10.1 Å². The number of carboxylic acid groups (broad SMARTS) is 1. The number of rotatable bonds is 4. The molecule has 0 aliphatic heterocycles. The standard InChI is InChI=1S/C15H20FNO2/c1-2-10-4-3-5-12(8-10)17-14-7-6-11(16)9-13(14)15(18)19/h6-7,9-10,12,17H,2-5,8H2,1H3,(H,18,19). The predicted octanol–water partition coefficient (Wildman–Crippen LogP) is 3.90. The maximum Gasteiger partial charge on any atom is 0.337 e. The van der Waals surface area contributed by atoms with E-state index in [2.05, 4.69) is 12.2 Å². The van der Waals surface area contributed by atoms with Crippen LogP contribution in [-0.2, 0) is 0 Å². The molecule has 1 saturated carbocycles. The van der Waals surface area contributed by atoms with Gasteiger partial charge in [-0.3, -0.25) is 0 Å². The van der Waals surface area contributed by atoms with Crippen LogP contribution >= 0.6 is 0 Å². The summed E-state index contributed by atoms with van der Waals surface area (Å²) in [4.78, 5) is 11.1. The molecule has 4 heteroatoms. The third kappa shape index (κ3) is 3.46. The summed E-state index contributed by atoms with van der Waals surface area (Å²) in [6, 6.07) is 4.19. The van der Waals surface area contributed by atoms with E-state index in [-0.39, 0.29) is 5.56 Å². The van der Waals surface area contributed by atoms with Crippen LogP contribution in [0.2, 0.25) is 0 Å². The average molecular weight is 265 g/mol. The highest BCUT2D eigenvalue weighted by molar-refractivity contribution is 5.94. The normalized spacial score (nSPS) is 23.1. The van der Waals surface area contributed by atoms with E-state index in [0.717, 1.165) is 25.3 Å². The van der Waals surface area contributed by atoms with Crippen LogP contribution in [0.1, 0.15) is 49.4 Å². The molecular formula is C15H20FNO2. The van der Waals surface area contributed by atoms with Crippen LogP contribution in [0.5, 0.6) is 0 Å². The lowest BCUT2D eigenvalue weighted by Crippen LogP contribution is -2.27. The SMILES string of the molecule is CCC1CCCC(Nc2ccc(F)cc2C(=O)O)C1. The first-order chi connectivity index (χ1) is 9.10. The first kappa shape index (κ1) is 13.8. The second-order valence-corrected chi connectivity index (χ2v) is 5.28. The summed E-state index contributed by atoms with van der Waals surface area (Å²) in [5, 5.41) is 12.4. The third-order valence-electron chi connectivity index (χ3n) is 3.93. The van der Waals surface area contributed by atoms with Crippen molar-refractivity contribution < 1.29 is 14.3 Å². The van der Waals surface area contributed by atoms with Crippen LogP contribution in [0.3, 0.4) is 0 Å². The summed E-state index contributed by atoms with van der Waals surface area (Å²) in [6.07, 6.45) is 5.69. The lowest BCUT2D eigenvalue weighted by molar-refractivity contribution is 0.0697. The fraction of sp³-hybridized carbons (Fsp3) is 0.533. The van der Waals surface area contributed by atoms with Gasteiger partial charge in [-0.1, -0.05) is 26.2 Å². The Bertz CT molecular complexity index is 461. The molecule has 0 spiro atoms. The third-order valence-corrected chi connectivity index (χ3v) is 3.93. The van der Waals surface area contributed by atoms with Crippen molar-refractivity contribution in [2.45, 2.75) is 45.1 Å². The van der Waals surface area contributed by atoms with Gasteiger partial charge < -0.3 is 10.4 Å². The van der Waals surface area contributed by atoms with Gasteiger partial charge in [0.2, 0.25) is 0 Å². The van der Waals surface area contributed by atoms with Crippen molar-refractivity contribution in [1.29, 1.82) is 0 Å². The number of hydrogen-bond acceptors (Lipinski definition) is 2. The first-order valence-electron chi connectivity index (χ1n) is 6.89. The quantitative estimate of drug-likeness (QED) is 0.868. The fourth-order valence-corrected chi connectivity index (χ4v) is 2.83. The summed E-state index contributed by atoms with van der Waals surface area (Å²) in [5.74, 6) is -0.900. The molecule has 1 fully saturated rings. The van der Waals surface area contributed by atoms with Crippen LogP contribution in [0.15, 0.2) is 18.2 Å². The Balaban J connectivity index is 2.12. The van der Waals surface area contributed by atoms with Gasteiger partial charge in [-0.2, -0.15) is 0 Å². The monoisotopic (exact) mass is 265 g/mol. The van der Waals surface area contributed by atoms with Gasteiger partial charge >= 0.3 is 5.97 Å². The topological polar surface area (TPSA) is 49.3 Å². The van der Waals surface area contributed by atoms with Gasteiger partial charge in [0, 0.05) is 11.7 Å². The molecule has 1 aromatic carbocycles. The number of carboxylic acids is 1. The molecule has 2 atom stereocenters. The molecule has 1 aliphatic rings. The van der Waals surface area contributed by atoms with Crippen LogP contribution < -0.4 is 5.32 Å². The summed E-state index contributed by atoms with van der Waals surface area (Å²) >= 11 is 0. The van der Waals surface area contributed by atoms with Crippen LogP contribution in [0, 0.1) is 11.7 Å². The average Bonchev–Trinajstić information content (AvgIpc) is 2.41. The number of carbonyl (C=O) groups is 1. The Morgan fingerprint density at radius 1 is 1.47 bits per heavy atom. The second-order valence-electron chi connectivity index (χ2n) is 5.28. The minimum Gasteiger partial charge on any atom is -0.478 e. The molecule has 3 nitrogen and oxygen atoms in total. The summed E-state index contributed by atoms with van der Waals surface area (Å²) in [5.41, 5.74) is 0.536. The van der Waals surface area contributed by atoms with Crippen molar-refractivity contribution in [1.82, 2.24) is 0 Å². The van der Waals surface area contributed by atoms with E-state index in [1.165, 1.54) is 25.0 Å². The van der Waals surface area contributed by atoms with E-state index >= 15 is 0 Å². The number of halogens is 1. The molecule has 2 rings (SSSR count). The summed E-state index contributed by atoms with van der Waals surface area (Å²) in [7, 11) is 0. The first-order valence-corrected chi connectivity index (χ1v) is 6.89. The molecule has 2 unspecified atom stereocenters. The van der Waals surface area contributed by atoms with Gasteiger partial charge in [-0.15, -0.1) is 0 Å². The zero-order valence-electron chi connectivity index (χ0n) is 11.2. The summed E-state index contributed by atoms with van der Waals surface area (Å²) in [6.45, 7) is 2.19. The van der Waals surface area contributed by atoms with E-state index in [9.17, 15) is 9.18 Å². The van der Waals surface area contributed by atoms with E-state index in [1.54, 1.807) is 0 Å². The van der Waals surface area contributed by atoms with Crippen molar-refractivity contribution in [2.24, 2.45) is 5.92 Å². The van der Waals surface area contributed by atoms with Crippen molar-refractivity contribution >= 4 is 11.7 Å². The molecule has 19 heavy (non-hydrogen) atoms. The van der Waals surface area contributed by atoms with Gasteiger partial charge in [0.1, 0.15) is 5.82 Å². The number of aromatic carboxylic acids is 1. The lowest BCUT2D eigenvalue weighted by atomic mass is 9.84. The van der Waals surface area contributed by atoms with Gasteiger partial charge in [0.05, 0.1) is 5.56 Å². The minimum atomic E-state index is -1.09. The minimum absolute atomic E-state index is 0.0126. The highest BCUT2D eigenvalue weighted by atomic mass is 19.1. The molecule has 1 aromatic rings. The number of nitrogens with one attached hydrogen (secondary N) is 1. The molecule has 0 heterocycles. The van der Waals surface area contributed by atoms with Crippen molar-refractivity contribution in [2.75, 3.05) is 5.32 Å². The van der Waals surface area contributed by atoms with Crippen molar-refractivity contribution in [3.05, 3.63) is 29.6 Å². The van der Waals surface area contributed by atoms with E-state index in [4.69, 9.17) is 5.11 Å². The summed E-state index contributed by atoms with van der Waals surface area (Å²) < 4.78 is 13.1. The molecule has 104 valence electrons. The maximum atomic E-state index is 13.1. The Hall–Kier alpha value is -1.58. The van der Waals surface area contributed by atoms with Crippen LogP contribution in [0.25, 0.3) is 0 Å². The molecule has 0 saturated heterocycles. The second kappa shape index (κ2) is 6.04. The zero-order chi connectivity index (χ0) is 13.8. The van der Waals surface area contributed by atoms with Gasteiger partial charge in [-0.05, 0) is 37.0 Å². The Morgan fingerprint density at radius 3 is 2.95 bits per heavy atom. The smallest absolute Gasteiger partial charge is 0.337 e. The number of hydrogen-bond donors (Lipinski definition) is 2. The van der Waals surface area contributed by atoms with Crippen LogP contribution in [-0.4, -0.2) is 17.1 Å². The molecule has 1 aliphatic carbocycles. The fourth-order valence-electron chi connectivity index (χ4n) is 2.83. The molecule has 0 amide bonds. The highest BCUT2D eigenvalue weighted by Crippen LogP contribution is 2.29. The van der Waals surface area contributed by atoms with Gasteiger partial charge in [0.15, 0.2) is 0 Å². The Labute approximate surface area is 112 Å². The van der Waals surface area contributed by atoms with Crippen molar-refractivity contribution in [3.63, 3.8) is 0 Å². The molecule has 0 aromatic heterocycles. The Kier molecular flexibility index (Phi) is 4.40. The van der Waals surface area contributed by atoms with Gasteiger partial charge in [-0.25, -0.2) is 9.18 Å². The molecule has 0 radical (unpaired) electrons. The van der Waals surface area contributed by atoms with E-state index in [1.807, 2.05) is 0 Å². The number of anilines is 1. The highest BCUT2D eigenvalue weighted by Gasteiger charge is 2.22. The van der Waals surface area contributed by atoms with Gasteiger partial charge in [0.25, 0.3) is 0 Å². The van der Waals surface area contributed by atoms with E-state index in [0.29, 0.717) is 17.6 Å². The largest absolute Gasteiger partial charge is 0.478 e. The molecule has 0 bridgehead atoms. The Morgan fingerprint density at radius 2 is 2.26 bits per heavy atom. The zero-order valence-corrected chi connectivity index (χ0v) is 11.2. The predicted molar refractivity (Wildman–Crippen MR) is 73.0 cm³/mol. The van der Waals surface area contributed by atoms with Crippen molar-refractivity contribution in [3.8, 4) is 0 Å². The number of benzene rings is 1. The maximum absolute atomic E-state index is 13.1.